The summed E-state index contributed by atoms with van der Waals surface area (Å²) in [6.07, 6.45) is 0.185. The molecule has 2 aromatic rings. The fourth-order valence-corrected chi connectivity index (χ4v) is 4.54. The van der Waals surface area contributed by atoms with Gasteiger partial charge >= 0.3 is 0 Å². The standard InChI is InChI=1S/C23H24Cl2N4O3/c24-17-5-1-3-7-19(17)26-21(30)15-27-9-11-28(12-10-27)23(32)16-13-22(31)29(14-16)20-8-4-2-6-18(20)25/h1-8,16H,9-15H2,(H,26,30). The second kappa shape index (κ2) is 9.90. The van der Waals surface area contributed by atoms with Gasteiger partial charge in [-0.05, 0) is 24.3 Å². The topological polar surface area (TPSA) is 73.0 Å². The first kappa shape index (κ1) is 22.6. The van der Waals surface area contributed by atoms with Crippen LogP contribution in [0.5, 0.6) is 0 Å². The molecule has 2 saturated heterocycles. The lowest BCUT2D eigenvalue weighted by atomic mass is 10.1. The van der Waals surface area contributed by atoms with Crippen molar-refractivity contribution in [3.63, 3.8) is 0 Å². The molecule has 0 saturated carbocycles. The van der Waals surface area contributed by atoms with E-state index in [2.05, 4.69) is 5.32 Å². The maximum Gasteiger partial charge on any atom is 0.238 e. The summed E-state index contributed by atoms with van der Waals surface area (Å²) in [5.74, 6) is -0.636. The predicted molar refractivity (Wildman–Crippen MR) is 125 cm³/mol. The molecule has 4 rings (SSSR count). The zero-order valence-corrected chi connectivity index (χ0v) is 19.0. The van der Waals surface area contributed by atoms with Crippen LogP contribution in [0.4, 0.5) is 11.4 Å². The minimum atomic E-state index is -0.381. The van der Waals surface area contributed by atoms with Crippen molar-refractivity contribution in [1.29, 1.82) is 0 Å². The highest BCUT2D eigenvalue weighted by Gasteiger charge is 2.38. The molecular weight excluding hydrogens is 451 g/mol. The summed E-state index contributed by atoms with van der Waals surface area (Å²) in [5.41, 5.74) is 1.23. The summed E-state index contributed by atoms with van der Waals surface area (Å²) < 4.78 is 0. The van der Waals surface area contributed by atoms with Crippen LogP contribution in [0.3, 0.4) is 0 Å². The third kappa shape index (κ3) is 5.06. The molecule has 2 aliphatic heterocycles. The van der Waals surface area contributed by atoms with E-state index in [-0.39, 0.29) is 36.6 Å². The molecule has 1 atom stereocenters. The highest BCUT2D eigenvalue weighted by atomic mass is 35.5. The van der Waals surface area contributed by atoms with E-state index in [1.165, 1.54) is 0 Å². The van der Waals surface area contributed by atoms with Crippen LogP contribution in [0.1, 0.15) is 6.42 Å². The summed E-state index contributed by atoms with van der Waals surface area (Å²) in [5, 5.41) is 3.81. The third-order valence-corrected chi connectivity index (χ3v) is 6.47. The second-order valence-electron chi connectivity index (χ2n) is 7.99. The average molecular weight is 475 g/mol. The number of benzene rings is 2. The van der Waals surface area contributed by atoms with Crippen molar-refractivity contribution in [3.05, 3.63) is 58.6 Å². The molecule has 1 N–H and O–H groups in total. The number of anilines is 2. The summed E-state index contributed by atoms with van der Waals surface area (Å²) in [6, 6.07) is 14.3. The number of hydrogen-bond acceptors (Lipinski definition) is 4. The Morgan fingerprint density at radius 1 is 0.938 bits per heavy atom. The highest BCUT2D eigenvalue weighted by Crippen LogP contribution is 2.31. The summed E-state index contributed by atoms with van der Waals surface area (Å²) in [4.78, 5) is 43.3. The molecule has 0 spiro atoms. The van der Waals surface area contributed by atoms with Crippen LogP contribution in [0, 0.1) is 5.92 Å². The van der Waals surface area contributed by atoms with Gasteiger partial charge < -0.3 is 15.1 Å². The lowest BCUT2D eigenvalue weighted by Crippen LogP contribution is -2.52. The quantitative estimate of drug-likeness (QED) is 0.722. The monoisotopic (exact) mass is 474 g/mol. The molecular formula is C23H24Cl2N4O3. The van der Waals surface area contributed by atoms with E-state index in [1.807, 2.05) is 23.1 Å². The van der Waals surface area contributed by atoms with Crippen molar-refractivity contribution in [2.24, 2.45) is 5.92 Å². The molecule has 0 radical (unpaired) electrons. The lowest BCUT2D eigenvalue weighted by molar-refractivity contribution is -0.137. The van der Waals surface area contributed by atoms with Gasteiger partial charge in [0.15, 0.2) is 0 Å². The lowest BCUT2D eigenvalue weighted by Gasteiger charge is -2.35. The van der Waals surface area contributed by atoms with E-state index in [9.17, 15) is 14.4 Å². The molecule has 1 unspecified atom stereocenters. The Bertz CT molecular complexity index is 1020. The molecule has 3 amide bonds. The minimum absolute atomic E-state index is 0.0203. The number of piperazine rings is 1. The van der Waals surface area contributed by atoms with Crippen molar-refractivity contribution in [3.8, 4) is 0 Å². The number of amides is 3. The van der Waals surface area contributed by atoms with Gasteiger partial charge in [-0.2, -0.15) is 0 Å². The molecule has 2 fully saturated rings. The van der Waals surface area contributed by atoms with Gasteiger partial charge in [0.1, 0.15) is 0 Å². The van der Waals surface area contributed by atoms with Gasteiger partial charge in [0.25, 0.3) is 0 Å². The van der Waals surface area contributed by atoms with Crippen molar-refractivity contribution in [2.45, 2.75) is 6.42 Å². The average Bonchev–Trinajstić information content (AvgIpc) is 3.17. The number of nitrogens with zero attached hydrogens (tertiary/aromatic N) is 3. The SMILES string of the molecule is O=C(CN1CCN(C(=O)C2CC(=O)N(c3ccccc3Cl)C2)CC1)Nc1ccccc1Cl. The molecule has 2 aromatic carbocycles. The van der Waals surface area contributed by atoms with E-state index in [1.54, 1.807) is 40.1 Å². The highest BCUT2D eigenvalue weighted by molar-refractivity contribution is 6.34. The van der Waals surface area contributed by atoms with Crippen LogP contribution in [-0.4, -0.2) is 66.8 Å². The van der Waals surface area contributed by atoms with Crippen LogP contribution >= 0.6 is 23.2 Å². The van der Waals surface area contributed by atoms with Gasteiger partial charge in [0.05, 0.1) is 33.9 Å². The van der Waals surface area contributed by atoms with Crippen molar-refractivity contribution >= 4 is 52.3 Å². The summed E-state index contributed by atoms with van der Waals surface area (Å²) in [7, 11) is 0. The van der Waals surface area contributed by atoms with Gasteiger partial charge in [0, 0.05) is 39.1 Å². The van der Waals surface area contributed by atoms with E-state index in [4.69, 9.17) is 23.2 Å². The van der Waals surface area contributed by atoms with Crippen LogP contribution < -0.4 is 10.2 Å². The fourth-order valence-electron chi connectivity index (χ4n) is 4.12. The van der Waals surface area contributed by atoms with Crippen molar-refractivity contribution in [1.82, 2.24) is 9.80 Å². The maximum absolute atomic E-state index is 13.0. The van der Waals surface area contributed by atoms with Crippen molar-refractivity contribution in [2.75, 3.05) is 49.5 Å². The number of halogens is 2. The molecule has 2 aliphatic rings. The van der Waals surface area contributed by atoms with Gasteiger partial charge in [-0.15, -0.1) is 0 Å². The number of hydrogen-bond donors (Lipinski definition) is 1. The Kier molecular flexibility index (Phi) is 6.98. The predicted octanol–water partition coefficient (Wildman–Crippen LogP) is 3.13. The Morgan fingerprint density at radius 3 is 2.28 bits per heavy atom. The number of nitrogens with one attached hydrogen (secondary N) is 1. The van der Waals surface area contributed by atoms with Gasteiger partial charge in [-0.25, -0.2) is 0 Å². The van der Waals surface area contributed by atoms with E-state index < -0.39 is 0 Å². The van der Waals surface area contributed by atoms with Crippen LogP contribution in [-0.2, 0) is 14.4 Å². The smallest absolute Gasteiger partial charge is 0.238 e. The molecule has 0 aromatic heterocycles. The molecule has 9 heteroatoms. The summed E-state index contributed by atoms with van der Waals surface area (Å²) in [6.45, 7) is 2.80. The van der Waals surface area contributed by atoms with Crippen LogP contribution in [0.2, 0.25) is 10.0 Å². The number of carbonyl (C=O) groups is 3. The summed E-state index contributed by atoms with van der Waals surface area (Å²) >= 11 is 12.3. The first-order valence-corrected chi connectivity index (χ1v) is 11.3. The molecule has 0 bridgehead atoms. The van der Waals surface area contributed by atoms with Crippen molar-refractivity contribution < 1.29 is 14.4 Å². The zero-order chi connectivity index (χ0) is 22.7. The number of rotatable bonds is 5. The number of para-hydroxylation sites is 2. The Labute approximate surface area is 196 Å². The van der Waals surface area contributed by atoms with Gasteiger partial charge in [0.2, 0.25) is 17.7 Å². The third-order valence-electron chi connectivity index (χ3n) is 5.82. The molecule has 2 heterocycles. The minimum Gasteiger partial charge on any atom is -0.340 e. The first-order valence-electron chi connectivity index (χ1n) is 10.5. The molecule has 168 valence electrons. The Balaban J connectivity index is 1.27. The number of carbonyl (C=O) groups excluding carboxylic acids is 3. The van der Waals surface area contributed by atoms with E-state index >= 15 is 0 Å². The largest absolute Gasteiger partial charge is 0.340 e. The maximum atomic E-state index is 13.0. The molecule has 0 aliphatic carbocycles. The first-order chi connectivity index (χ1) is 15.4. The fraction of sp³-hybridized carbons (Fsp3) is 0.348. The zero-order valence-electron chi connectivity index (χ0n) is 17.5. The van der Waals surface area contributed by atoms with Crippen LogP contribution in [0.15, 0.2) is 48.5 Å². The van der Waals surface area contributed by atoms with E-state index in [0.717, 1.165) is 0 Å². The van der Waals surface area contributed by atoms with Gasteiger partial charge in [-0.1, -0.05) is 47.5 Å². The van der Waals surface area contributed by atoms with Crippen LogP contribution in [0.25, 0.3) is 0 Å². The Morgan fingerprint density at radius 2 is 1.59 bits per heavy atom. The molecule has 32 heavy (non-hydrogen) atoms. The van der Waals surface area contributed by atoms with Gasteiger partial charge in [-0.3, -0.25) is 19.3 Å². The normalized spacial score (nSPS) is 19.3. The van der Waals surface area contributed by atoms with E-state index in [0.29, 0.717) is 54.1 Å². The second-order valence-corrected chi connectivity index (χ2v) is 8.80. The Hall–Kier alpha value is -2.61. The molecule has 7 nitrogen and oxygen atoms in total.